The molecule has 1 aromatic carbocycles. The number of aryl methyl sites for hydroxylation is 2. The van der Waals surface area contributed by atoms with Crippen LogP contribution in [0.5, 0.6) is 5.75 Å². The Kier molecular flexibility index (Phi) is 10.9. The molecule has 2 rings (SSSR count). The lowest BCUT2D eigenvalue weighted by Crippen LogP contribution is -2.27. The van der Waals surface area contributed by atoms with Crippen LogP contribution in [0, 0.1) is 25.7 Å². The number of carbonyl (C=O) groups is 1. The summed E-state index contributed by atoms with van der Waals surface area (Å²) >= 11 is 6.55. The first-order valence-corrected chi connectivity index (χ1v) is 11.7. The van der Waals surface area contributed by atoms with Gasteiger partial charge in [-0.05, 0) is 81.2 Å². The van der Waals surface area contributed by atoms with E-state index in [2.05, 4.69) is 26.0 Å². The van der Waals surface area contributed by atoms with Crippen molar-refractivity contribution in [2.24, 2.45) is 11.8 Å². The van der Waals surface area contributed by atoms with E-state index in [-0.39, 0.29) is 23.2 Å². The molecular weight excluding hydrogens is 416 g/mol. The van der Waals surface area contributed by atoms with E-state index in [4.69, 9.17) is 25.8 Å². The second-order valence-corrected chi connectivity index (χ2v) is 8.89. The first-order chi connectivity index (χ1) is 14.9. The van der Waals surface area contributed by atoms with E-state index in [1.54, 1.807) is 7.11 Å². The lowest BCUT2D eigenvalue weighted by molar-refractivity contribution is -0.143. The van der Waals surface area contributed by atoms with Gasteiger partial charge in [-0.3, -0.25) is 4.79 Å². The first-order valence-electron chi connectivity index (χ1n) is 11.2. The maximum atomic E-state index is 11.4. The molecule has 0 radical (unpaired) electrons. The van der Waals surface area contributed by atoms with Crippen LogP contribution in [0.1, 0.15) is 55.7 Å². The highest BCUT2D eigenvalue weighted by Crippen LogP contribution is 2.39. The van der Waals surface area contributed by atoms with Crippen molar-refractivity contribution >= 4 is 17.6 Å². The molecule has 0 amide bonds. The van der Waals surface area contributed by atoms with Gasteiger partial charge in [0.15, 0.2) is 0 Å². The van der Waals surface area contributed by atoms with Gasteiger partial charge in [0.1, 0.15) is 5.75 Å². The van der Waals surface area contributed by atoms with Crippen molar-refractivity contribution in [3.8, 4) is 5.75 Å². The lowest BCUT2D eigenvalue weighted by Gasteiger charge is -2.23. The number of halogens is 1. The maximum absolute atomic E-state index is 11.4. The van der Waals surface area contributed by atoms with E-state index in [1.807, 2.05) is 19.1 Å². The molecule has 1 N–H and O–H groups in total. The second-order valence-electron chi connectivity index (χ2n) is 8.33. The van der Waals surface area contributed by atoms with Gasteiger partial charge in [-0.2, -0.15) is 0 Å². The SMILES string of the molecule is CCOC(=O)CCC/C=C\C[C@@H]1[C@@H](COc2cc(C)c(COC)c(C)c2)[C@H](O)C[C@H]1Cl. The number of methoxy groups -OCH3 is 1. The van der Waals surface area contributed by atoms with Crippen LogP contribution in [0.4, 0.5) is 0 Å². The number of carbonyl (C=O) groups excluding carboxylic acids is 1. The Labute approximate surface area is 191 Å². The summed E-state index contributed by atoms with van der Waals surface area (Å²) in [6.07, 6.45) is 7.17. The molecule has 1 aliphatic carbocycles. The molecule has 0 heterocycles. The molecule has 0 aromatic heterocycles. The number of esters is 1. The molecule has 1 aromatic rings. The fourth-order valence-corrected chi connectivity index (χ4v) is 4.73. The number of rotatable bonds is 12. The Morgan fingerprint density at radius 1 is 1.23 bits per heavy atom. The number of unbranched alkanes of at least 4 members (excludes halogenated alkanes) is 1. The molecule has 0 spiro atoms. The van der Waals surface area contributed by atoms with E-state index in [0.29, 0.717) is 32.7 Å². The second kappa shape index (κ2) is 13.1. The number of allylic oxidation sites excluding steroid dienone is 2. The molecule has 174 valence electrons. The van der Waals surface area contributed by atoms with Crippen LogP contribution in [0.2, 0.25) is 0 Å². The van der Waals surface area contributed by atoms with E-state index in [0.717, 1.165) is 36.1 Å². The molecule has 0 bridgehead atoms. The average Bonchev–Trinajstić information content (AvgIpc) is 2.98. The van der Waals surface area contributed by atoms with Crippen LogP contribution in [0.25, 0.3) is 0 Å². The van der Waals surface area contributed by atoms with Gasteiger partial charge in [0.25, 0.3) is 0 Å². The highest BCUT2D eigenvalue weighted by Gasteiger charge is 2.41. The molecule has 1 fully saturated rings. The van der Waals surface area contributed by atoms with Gasteiger partial charge in [0, 0.05) is 24.8 Å². The van der Waals surface area contributed by atoms with Crippen LogP contribution >= 0.6 is 11.6 Å². The van der Waals surface area contributed by atoms with Gasteiger partial charge >= 0.3 is 5.97 Å². The van der Waals surface area contributed by atoms with E-state index in [1.165, 1.54) is 5.56 Å². The third kappa shape index (κ3) is 7.81. The number of hydrogen-bond donors (Lipinski definition) is 1. The number of ether oxygens (including phenoxy) is 3. The summed E-state index contributed by atoms with van der Waals surface area (Å²) in [5.74, 6) is 0.820. The molecular formula is C25H37ClO5. The molecule has 0 unspecified atom stereocenters. The summed E-state index contributed by atoms with van der Waals surface area (Å²) in [4.78, 5) is 11.4. The quantitative estimate of drug-likeness (QED) is 0.206. The Balaban J connectivity index is 1.88. The summed E-state index contributed by atoms with van der Waals surface area (Å²) in [6, 6.07) is 4.05. The molecule has 6 heteroatoms. The van der Waals surface area contributed by atoms with Crippen molar-refractivity contribution < 1.29 is 24.1 Å². The van der Waals surface area contributed by atoms with E-state index in [9.17, 15) is 9.90 Å². The van der Waals surface area contributed by atoms with Gasteiger partial charge in [-0.25, -0.2) is 0 Å². The lowest BCUT2D eigenvalue weighted by atomic mass is 9.92. The molecule has 0 saturated heterocycles. The predicted octanol–water partition coefficient (Wildman–Crippen LogP) is 5.11. The van der Waals surface area contributed by atoms with Crippen LogP contribution < -0.4 is 4.74 Å². The molecule has 5 nitrogen and oxygen atoms in total. The molecule has 0 aliphatic heterocycles. The molecule has 4 atom stereocenters. The number of hydrogen-bond acceptors (Lipinski definition) is 5. The minimum atomic E-state index is -0.459. The van der Waals surface area contributed by atoms with Crippen molar-refractivity contribution in [1.29, 1.82) is 0 Å². The van der Waals surface area contributed by atoms with Gasteiger partial charge in [0.2, 0.25) is 0 Å². The third-order valence-electron chi connectivity index (χ3n) is 6.01. The van der Waals surface area contributed by atoms with Crippen molar-refractivity contribution in [3.63, 3.8) is 0 Å². The van der Waals surface area contributed by atoms with Crippen molar-refractivity contribution in [2.75, 3.05) is 20.3 Å². The topological polar surface area (TPSA) is 65.0 Å². The smallest absolute Gasteiger partial charge is 0.305 e. The van der Waals surface area contributed by atoms with Crippen LogP contribution in [-0.2, 0) is 20.9 Å². The zero-order chi connectivity index (χ0) is 22.8. The Morgan fingerprint density at radius 3 is 2.58 bits per heavy atom. The summed E-state index contributed by atoms with van der Waals surface area (Å²) < 4.78 is 16.3. The summed E-state index contributed by atoms with van der Waals surface area (Å²) in [5.41, 5.74) is 3.46. The third-order valence-corrected chi connectivity index (χ3v) is 6.51. The Bertz CT molecular complexity index is 710. The molecule has 31 heavy (non-hydrogen) atoms. The Morgan fingerprint density at radius 2 is 1.94 bits per heavy atom. The van der Waals surface area contributed by atoms with Crippen LogP contribution in [-0.4, -0.2) is 42.9 Å². The van der Waals surface area contributed by atoms with Crippen molar-refractivity contribution in [2.45, 2.75) is 71.0 Å². The number of aliphatic hydroxyl groups excluding tert-OH is 1. The minimum absolute atomic E-state index is 0.00838. The van der Waals surface area contributed by atoms with E-state index < -0.39 is 6.10 Å². The summed E-state index contributed by atoms with van der Waals surface area (Å²) in [7, 11) is 1.70. The Hall–Kier alpha value is -1.56. The highest BCUT2D eigenvalue weighted by atomic mass is 35.5. The van der Waals surface area contributed by atoms with Crippen molar-refractivity contribution in [3.05, 3.63) is 41.0 Å². The number of alkyl halides is 1. The highest BCUT2D eigenvalue weighted by molar-refractivity contribution is 6.21. The first kappa shape index (κ1) is 25.7. The number of benzene rings is 1. The van der Waals surface area contributed by atoms with Gasteiger partial charge in [-0.1, -0.05) is 12.2 Å². The predicted molar refractivity (Wildman–Crippen MR) is 124 cm³/mol. The van der Waals surface area contributed by atoms with Crippen LogP contribution in [0.15, 0.2) is 24.3 Å². The molecule has 1 aliphatic rings. The fraction of sp³-hybridized carbons (Fsp3) is 0.640. The van der Waals surface area contributed by atoms with Gasteiger partial charge in [0.05, 0.1) is 25.9 Å². The largest absolute Gasteiger partial charge is 0.493 e. The van der Waals surface area contributed by atoms with E-state index >= 15 is 0 Å². The molecule has 1 saturated carbocycles. The van der Waals surface area contributed by atoms with Crippen molar-refractivity contribution in [1.82, 2.24) is 0 Å². The van der Waals surface area contributed by atoms with Gasteiger partial charge in [-0.15, -0.1) is 11.6 Å². The maximum Gasteiger partial charge on any atom is 0.305 e. The number of aliphatic hydroxyl groups is 1. The zero-order valence-corrected chi connectivity index (χ0v) is 20.0. The van der Waals surface area contributed by atoms with Crippen LogP contribution in [0.3, 0.4) is 0 Å². The summed E-state index contributed by atoms with van der Waals surface area (Å²) in [6.45, 7) is 7.38. The standard InChI is InChI=1S/C25H37ClO5/c1-5-30-25(28)11-9-7-6-8-10-20-22(24(27)14-23(20)26)16-31-19-12-17(2)21(15-29-4)18(3)13-19/h6,8,12-13,20,22-24,27H,5,7,9-11,14-16H2,1-4H3/b8-6-/t20-,22-,23-,24-/m1/s1. The minimum Gasteiger partial charge on any atom is -0.493 e. The average molecular weight is 453 g/mol. The van der Waals surface area contributed by atoms with Gasteiger partial charge < -0.3 is 19.3 Å². The summed E-state index contributed by atoms with van der Waals surface area (Å²) in [5, 5.41) is 10.5. The zero-order valence-electron chi connectivity index (χ0n) is 19.2. The monoisotopic (exact) mass is 452 g/mol. The normalized spacial score (nSPS) is 23.4. The fourth-order valence-electron chi connectivity index (χ4n) is 4.26.